The second kappa shape index (κ2) is 10.4. The first-order valence-electron chi connectivity index (χ1n) is 8.69. The topological polar surface area (TPSA) is 47.6 Å². The van der Waals surface area contributed by atoms with Gasteiger partial charge in [-0.25, -0.2) is 0 Å². The Bertz CT molecular complexity index is 449. The number of carbonyl (C=O) groups is 1. The van der Waals surface area contributed by atoms with Gasteiger partial charge in [0.25, 0.3) is 0 Å². The zero-order chi connectivity index (χ0) is 16.3. The fourth-order valence-corrected chi connectivity index (χ4v) is 3.25. The Balaban J connectivity index is 1.75. The van der Waals surface area contributed by atoms with Crippen LogP contribution in [0.5, 0.6) is 0 Å². The molecule has 1 aliphatic rings. The Hall–Kier alpha value is -1.39. The molecule has 1 amide bonds. The number of nitrogens with one attached hydrogen (secondary N) is 1. The molecule has 1 fully saturated rings. The lowest BCUT2D eigenvalue weighted by atomic mass is 9.80. The summed E-state index contributed by atoms with van der Waals surface area (Å²) in [4.78, 5) is 12.1. The molecule has 4 heteroatoms. The van der Waals surface area contributed by atoms with Crippen molar-refractivity contribution >= 4 is 5.91 Å². The number of hydrogen-bond acceptors (Lipinski definition) is 3. The normalized spacial score (nSPS) is 21.1. The largest absolute Gasteiger partial charge is 0.382 e. The molecule has 1 N–H and O–H groups in total. The third kappa shape index (κ3) is 6.71. The van der Waals surface area contributed by atoms with Gasteiger partial charge in [0.1, 0.15) is 0 Å². The van der Waals surface area contributed by atoms with Crippen molar-refractivity contribution in [1.82, 2.24) is 5.32 Å². The highest BCUT2D eigenvalue weighted by molar-refractivity contribution is 5.76. The van der Waals surface area contributed by atoms with Gasteiger partial charge in [0.05, 0.1) is 19.8 Å². The molecule has 0 radical (unpaired) electrons. The summed E-state index contributed by atoms with van der Waals surface area (Å²) in [7, 11) is 1.64. The van der Waals surface area contributed by atoms with Crippen molar-refractivity contribution in [2.24, 2.45) is 5.92 Å². The minimum absolute atomic E-state index is 0.104. The average molecular weight is 319 g/mol. The van der Waals surface area contributed by atoms with Crippen molar-refractivity contribution < 1.29 is 14.3 Å². The summed E-state index contributed by atoms with van der Waals surface area (Å²) in [5.74, 6) is 0.650. The highest BCUT2D eigenvalue weighted by atomic mass is 16.5. The standard InChI is InChI=1S/C19H29NO3/c1-22-13-14-23-12-11-19(21)20-18-10-6-5-9-17(18)15-16-7-3-2-4-8-16/h2-4,7-8,17-18H,5-6,9-15H2,1H3,(H,20,21). The van der Waals surface area contributed by atoms with Gasteiger partial charge in [0.15, 0.2) is 0 Å². The van der Waals surface area contributed by atoms with E-state index in [1.807, 2.05) is 6.07 Å². The highest BCUT2D eigenvalue weighted by Gasteiger charge is 2.26. The zero-order valence-electron chi connectivity index (χ0n) is 14.1. The van der Waals surface area contributed by atoms with E-state index in [-0.39, 0.29) is 5.91 Å². The van der Waals surface area contributed by atoms with E-state index in [4.69, 9.17) is 9.47 Å². The first-order valence-corrected chi connectivity index (χ1v) is 8.69. The van der Waals surface area contributed by atoms with Crippen LogP contribution >= 0.6 is 0 Å². The fraction of sp³-hybridized carbons (Fsp3) is 0.632. The van der Waals surface area contributed by atoms with Gasteiger partial charge in [-0.15, -0.1) is 0 Å². The third-order valence-electron chi connectivity index (χ3n) is 4.50. The SMILES string of the molecule is COCCOCCC(=O)NC1CCCCC1Cc1ccccc1. The molecule has 23 heavy (non-hydrogen) atoms. The van der Waals surface area contributed by atoms with Crippen molar-refractivity contribution in [2.45, 2.75) is 44.6 Å². The van der Waals surface area contributed by atoms with Gasteiger partial charge in [0.2, 0.25) is 5.91 Å². The van der Waals surface area contributed by atoms with Crippen molar-refractivity contribution in [2.75, 3.05) is 26.9 Å². The number of methoxy groups -OCH3 is 1. The van der Waals surface area contributed by atoms with Gasteiger partial charge in [-0.05, 0) is 30.7 Å². The molecular weight excluding hydrogens is 290 g/mol. The lowest BCUT2D eigenvalue weighted by Crippen LogP contribution is -2.43. The summed E-state index contributed by atoms with van der Waals surface area (Å²) in [5.41, 5.74) is 1.36. The maximum atomic E-state index is 12.1. The van der Waals surface area contributed by atoms with Gasteiger partial charge in [0, 0.05) is 19.6 Å². The molecule has 1 aromatic rings. The van der Waals surface area contributed by atoms with Crippen LogP contribution in [0, 0.1) is 5.92 Å². The van der Waals surface area contributed by atoms with Crippen molar-refractivity contribution in [3.63, 3.8) is 0 Å². The van der Waals surface area contributed by atoms with Crippen LogP contribution in [0.4, 0.5) is 0 Å². The summed E-state index contributed by atoms with van der Waals surface area (Å²) in [6.07, 6.45) is 6.25. The number of benzene rings is 1. The van der Waals surface area contributed by atoms with Gasteiger partial charge in [-0.1, -0.05) is 43.2 Å². The van der Waals surface area contributed by atoms with E-state index >= 15 is 0 Å². The maximum Gasteiger partial charge on any atom is 0.222 e. The second-order valence-corrected chi connectivity index (χ2v) is 6.26. The van der Waals surface area contributed by atoms with Gasteiger partial charge in [-0.3, -0.25) is 4.79 Å². The Morgan fingerprint density at radius 3 is 2.70 bits per heavy atom. The fourth-order valence-electron chi connectivity index (χ4n) is 3.25. The number of amides is 1. The van der Waals surface area contributed by atoms with Crippen LogP contribution in [0.3, 0.4) is 0 Å². The summed E-state index contributed by atoms with van der Waals surface area (Å²) in [6, 6.07) is 10.9. The Labute approximate surface area is 139 Å². The minimum Gasteiger partial charge on any atom is -0.382 e. The molecule has 0 aliphatic heterocycles. The van der Waals surface area contributed by atoms with E-state index in [9.17, 15) is 4.79 Å². The molecule has 0 saturated heterocycles. The first kappa shape index (κ1) is 18.0. The molecule has 0 bridgehead atoms. The van der Waals surface area contributed by atoms with Gasteiger partial charge < -0.3 is 14.8 Å². The van der Waals surface area contributed by atoms with E-state index < -0.39 is 0 Å². The monoisotopic (exact) mass is 319 g/mol. The van der Waals surface area contributed by atoms with Crippen LogP contribution in [0.15, 0.2) is 30.3 Å². The maximum absolute atomic E-state index is 12.1. The molecule has 128 valence electrons. The van der Waals surface area contributed by atoms with E-state index in [1.54, 1.807) is 7.11 Å². The lowest BCUT2D eigenvalue weighted by Gasteiger charge is -2.32. The van der Waals surface area contributed by atoms with Crippen LogP contribution < -0.4 is 5.32 Å². The predicted octanol–water partition coefficient (Wildman–Crippen LogP) is 2.96. The smallest absolute Gasteiger partial charge is 0.222 e. The van der Waals surface area contributed by atoms with E-state index in [1.165, 1.54) is 24.8 Å². The molecule has 4 nitrogen and oxygen atoms in total. The molecule has 1 aromatic carbocycles. The number of rotatable bonds is 9. The number of carbonyl (C=O) groups excluding carboxylic acids is 1. The molecule has 0 heterocycles. The van der Waals surface area contributed by atoms with Crippen molar-refractivity contribution in [3.8, 4) is 0 Å². The average Bonchev–Trinajstić information content (AvgIpc) is 2.57. The van der Waals surface area contributed by atoms with Gasteiger partial charge in [-0.2, -0.15) is 0 Å². The lowest BCUT2D eigenvalue weighted by molar-refractivity contribution is -0.123. The Morgan fingerprint density at radius 2 is 1.91 bits per heavy atom. The minimum atomic E-state index is 0.104. The second-order valence-electron chi connectivity index (χ2n) is 6.26. The highest BCUT2D eigenvalue weighted by Crippen LogP contribution is 2.27. The van der Waals surface area contributed by atoms with Crippen LogP contribution in [-0.2, 0) is 20.7 Å². The molecule has 1 saturated carbocycles. The molecule has 1 aliphatic carbocycles. The van der Waals surface area contributed by atoms with E-state index in [0.29, 0.717) is 38.2 Å². The van der Waals surface area contributed by atoms with Crippen LogP contribution in [0.2, 0.25) is 0 Å². The van der Waals surface area contributed by atoms with Crippen LogP contribution in [-0.4, -0.2) is 38.9 Å². The number of hydrogen-bond donors (Lipinski definition) is 1. The van der Waals surface area contributed by atoms with Gasteiger partial charge >= 0.3 is 0 Å². The van der Waals surface area contributed by atoms with E-state index in [0.717, 1.165) is 12.8 Å². The summed E-state index contributed by atoms with van der Waals surface area (Å²) >= 11 is 0. The van der Waals surface area contributed by atoms with E-state index in [2.05, 4.69) is 29.6 Å². The molecular formula is C19H29NO3. The Kier molecular flexibility index (Phi) is 8.12. The molecule has 2 rings (SSSR count). The molecule has 2 unspecified atom stereocenters. The van der Waals surface area contributed by atoms with Crippen molar-refractivity contribution in [3.05, 3.63) is 35.9 Å². The van der Waals surface area contributed by atoms with Crippen molar-refractivity contribution in [1.29, 1.82) is 0 Å². The molecule has 2 atom stereocenters. The summed E-state index contributed by atoms with van der Waals surface area (Å²) in [5, 5.41) is 3.23. The predicted molar refractivity (Wildman–Crippen MR) is 91.3 cm³/mol. The van der Waals surface area contributed by atoms with Crippen LogP contribution in [0.25, 0.3) is 0 Å². The molecule has 0 spiro atoms. The van der Waals surface area contributed by atoms with Crippen LogP contribution in [0.1, 0.15) is 37.7 Å². The molecule has 0 aromatic heterocycles. The quantitative estimate of drug-likeness (QED) is 0.712. The number of ether oxygens (including phenoxy) is 2. The Morgan fingerprint density at radius 1 is 1.13 bits per heavy atom. The summed E-state index contributed by atoms with van der Waals surface area (Å²) < 4.78 is 10.3. The first-order chi connectivity index (χ1) is 11.3. The summed E-state index contributed by atoms with van der Waals surface area (Å²) in [6.45, 7) is 1.58. The third-order valence-corrected chi connectivity index (χ3v) is 4.50. The zero-order valence-corrected chi connectivity index (χ0v) is 14.1.